The fourth-order valence-electron chi connectivity index (χ4n) is 4.16. The largest absolute Gasteiger partial charge is 0.376 e. The molecule has 0 N–H and O–H groups in total. The molecular weight excluding hydrogens is 454 g/mol. The number of fused-ring (bicyclic) bond motifs is 1. The molecule has 0 bridgehead atoms. The van der Waals surface area contributed by atoms with Gasteiger partial charge in [-0.25, -0.2) is 23.1 Å². The first-order chi connectivity index (χ1) is 15.9. The van der Waals surface area contributed by atoms with E-state index in [1.165, 1.54) is 6.33 Å². The maximum absolute atomic E-state index is 14.7. The maximum Gasteiger partial charge on any atom is 0.337 e. The van der Waals surface area contributed by atoms with E-state index >= 15 is 0 Å². The van der Waals surface area contributed by atoms with Crippen LogP contribution in [0.3, 0.4) is 0 Å². The molecule has 1 aliphatic rings. The molecular formula is C23H19ClF2N4O3. The van der Waals surface area contributed by atoms with Crippen LogP contribution in [0.5, 0.6) is 0 Å². The summed E-state index contributed by atoms with van der Waals surface area (Å²) in [7, 11) is 0. The Kier molecular flexibility index (Phi) is 5.59. The van der Waals surface area contributed by atoms with Crippen molar-refractivity contribution in [3.8, 4) is 5.69 Å². The summed E-state index contributed by atoms with van der Waals surface area (Å²) in [5.41, 5.74) is -0.583. The average molecular weight is 473 g/mol. The number of benzene rings is 2. The molecule has 4 aromatic rings. The Labute approximate surface area is 191 Å². The number of hydrogen-bond donors (Lipinski definition) is 0. The minimum absolute atomic E-state index is 0.0128. The van der Waals surface area contributed by atoms with Gasteiger partial charge in [0, 0.05) is 24.2 Å². The molecule has 7 nitrogen and oxygen atoms in total. The number of hydrogen-bond acceptors (Lipinski definition) is 4. The molecule has 33 heavy (non-hydrogen) atoms. The molecule has 1 atom stereocenters. The lowest BCUT2D eigenvalue weighted by atomic mass is 10.2. The van der Waals surface area contributed by atoms with Gasteiger partial charge in [0.2, 0.25) is 0 Å². The normalized spacial score (nSPS) is 16.0. The molecule has 0 unspecified atom stereocenters. The van der Waals surface area contributed by atoms with Gasteiger partial charge >= 0.3 is 5.69 Å². The van der Waals surface area contributed by atoms with Gasteiger partial charge in [0.05, 0.1) is 24.7 Å². The Bertz CT molecular complexity index is 1470. The van der Waals surface area contributed by atoms with Gasteiger partial charge in [0.25, 0.3) is 5.56 Å². The third-order valence-corrected chi connectivity index (χ3v) is 5.94. The first-order valence-electron chi connectivity index (χ1n) is 10.4. The van der Waals surface area contributed by atoms with E-state index in [9.17, 15) is 18.4 Å². The van der Waals surface area contributed by atoms with Crippen molar-refractivity contribution in [1.29, 1.82) is 0 Å². The van der Waals surface area contributed by atoms with E-state index < -0.39 is 22.9 Å². The van der Waals surface area contributed by atoms with Gasteiger partial charge in [0.1, 0.15) is 11.6 Å². The molecule has 0 saturated carbocycles. The topological polar surface area (TPSA) is 71.0 Å². The lowest BCUT2D eigenvalue weighted by molar-refractivity contribution is 0.0950. The molecule has 3 heterocycles. The molecule has 2 aromatic heterocycles. The number of ether oxygens (including phenoxy) is 1. The summed E-state index contributed by atoms with van der Waals surface area (Å²) in [6.07, 6.45) is 2.65. The summed E-state index contributed by atoms with van der Waals surface area (Å²) in [6, 6.07) is 10.0. The predicted octanol–water partition coefficient (Wildman–Crippen LogP) is 3.51. The zero-order chi connectivity index (χ0) is 23.1. The van der Waals surface area contributed by atoms with Crippen LogP contribution in [-0.2, 0) is 17.8 Å². The molecule has 1 saturated heterocycles. The molecule has 0 amide bonds. The van der Waals surface area contributed by atoms with Crippen LogP contribution in [0.1, 0.15) is 18.4 Å². The highest BCUT2D eigenvalue weighted by molar-refractivity contribution is 6.30. The van der Waals surface area contributed by atoms with Gasteiger partial charge in [-0.2, -0.15) is 0 Å². The first-order valence-corrected chi connectivity index (χ1v) is 10.8. The van der Waals surface area contributed by atoms with E-state index in [4.69, 9.17) is 16.3 Å². The SMILES string of the molecule is O=c1c2c(ncn2Cc2cccc(Cl)c2)n(-c2ccc(F)cc2F)c(=O)n1C[C@@H]1CCCO1. The molecule has 2 aromatic carbocycles. The van der Waals surface area contributed by atoms with E-state index in [1.54, 1.807) is 22.8 Å². The maximum atomic E-state index is 14.7. The minimum atomic E-state index is -0.940. The third kappa shape index (κ3) is 3.98. The van der Waals surface area contributed by atoms with Gasteiger partial charge < -0.3 is 9.30 Å². The Balaban J connectivity index is 1.75. The second kappa shape index (κ2) is 8.57. The highest BCUT2D eigenvalue weighted by Gasteiger charge is 2.24. The molecule has 5 rings (SSSR count). The molecule has 1 fully saturated rings. The van der Waals surface area contributed by atoms with E-state index in [1.807, 2.05) is 6.07 Å². The minimum Gasteiger partial charge on any atom is -0.376 e. The van der Waals surface area contributed by atoms with Gasteiger partial charge in [-0.1, -0.05) is 23.7 Å². The smallest absolute Gasteiger partial charge is 0.337 e. The fraction of sp³-hybridized carbons (Fsp3) is 0.261. The van der Waals surface area contributed by atoms with Crippen molar-refractivity contribution in [2.24, 2.45) is 0 Å². The van der Waals surface area contributed by atoms with E-state index in [-0.39, 0.29) is 36.0 Å². The second-order valence-electron chi connectivity index (χ2n) is 7.94. The Hall–Kier alpha value is -3.30. The van der Waals surface area contributed by atoms with Gasteiger partial charge in [-0.3, -0.25) is 9.36 Å². The zero-order valence-corrected chi connectivity index (χ0v) is 18.1. The highest BCUT2D eigenvalue weighted by Crippen LogP contribution is 2.20. The van der Waals surface area contributed by atoms with Crippen LogP contribution in [0.15, 0.2) is 58.4 Å². The highest BCUT2D eigenvalue weighted by atomic mass is 35.5. The summed E-state index contributed by atoms with van der Waals surface area (Å²) in [5, 5.41) is 0.540. The third-order valence-electron chi connectivity index (χ3n) is 5.70. The van der Waals surface area contributed by atoms with Crippen molar-refractivity contribution in [3.05, 3.63) is 91.9 Å². The Morgan fingerprint density at radius 2 is 2.00 bits per heavy atom. The number of aromatic nitrogens is 4. The Morgan fingerprint density at radius 1 is 1.15 bits per heavy atom. The predicted molar refractivity (Wildman–Crippen MR) is 119 cm³/mol. The van der Waals surface area contributed by atoms with Crippen molar-refractivity contribution in [1.82, 2.24) is 18.7 Å². The van der Waals surface area contributed by atoms with Crippen LogP contribution >= 0.6 is 11.6 Å². The van der Waals surface area contributed by atoms with Crippen LogP contribution in [0, 0.1) is 11.6 Å². The molecule has 0 spiro atoms. The van der Waals surface area contributed by atoms with Crippen molar-refractivity contribution in [3.63, 3.8) is 0 Å². The first kappa shape index (κ1) is 21.5. The van der Waals surface area contributed by atoms with Crippen LogP contribution in [0.25, 0.3) is 16.9 Å². The van der Waals surface area contributed by atoms with E-state index in [0.717, 1.165) is 33.3 Å². The van der Waals surface area contributed by atoms with Crippen LogP contribution < -0.4 is 11.2 Å². The lowest BCUT2D eigenvalue weighted by Gasteiger charge is -2.15. The number of imidazole rings is 1. The fourth-order valence-corrected chi connectivity index (χ4v) is 4.38. The van der Waals surface area contributed by atoms with Crippen molar-refractivity contribution >= 4 is 22.8 Å². The van der Waals surface area contributed by atoms with E-state index in [0.29, 0.717) is 24.1 Å². The summed E-state index contributed by atoms with van der Waals surface area (Å²) >= 11 is 6.09. The monoisotopic (exact) mass is 472 g/mol. The molecule has 0 aliphatic carbocycles. The number of nitrogens with zero attached hydrogens (tertiary/aromatic N) is 4. The average Bonchev–Trinajstić information content (AvgIpc) is 3.43. The quantitative estimate of drug-likeness (QED) is 0.445. The standard InChI is InChI=1S/C23H19ClF2N4O3/c24-15-4-1-3-14(9-15)11-28-13-27-21-20(28)22(31)29(12-17-5-2-8-33-17)23(32)30(21)19-7-6-16(25)10-18(19)26/h1,3-4,6-7,9-10,13,17H,2,5,8,11-12H2/t17-/m0/s1. The van der Waals surface area contributed by atoms with Gasteiger partial charge in [-0.05, 0) is 42.7 Å². The summed E-state index contributed by atoms with van der Waals surface area (Å²) < 4.78 is 37.5. The number of halogens is 3. The summed E-state index contributed by atoms with van der Waals surface area (Å²) in [6.45, 7) is 0.838. The number of rotatable bonds is 5. The summed E-state index contributed by atoms with van der Waals surface area (Å²) in [4.78, 5) is 31.1. The van der Waals surface area contributed by atoms with Crippen molar-refractivity contribution in [2.75, 3.05) is 6.61 Å². The second-order valence-corrected chi connectivity index (χ2v) is 8.38. The molecule has 0 radical (unpaired) electrons. The summed E-state index contributed by atoms with van der Waals surface area (Å²) in [5.74, 6) is -1.72. The Morgan fingerprint density at radius 3 is 2.73 bits per heavy atom. The van der Waals surface area contributed by atoms with Crippen LogP contribution in [-0.4, -0.2) is 31.4 Å². The zero-order valence-electron chi connectivity index (χ0n) is 17.4. The molecule has 10 heteroatoms. The van der Waals surface area contributed by atoms with Crippen LogP contribution in [0.2, 0.25) is 5.02 Å². The van der Waals surface area contributed by atoms with Gasteiger partial charge in [-0.15, -0.1) is 0 Å². The van der Waals surface area contributed by atoms with Gasteiger partial charge in [0.15, 0.2) is 11.2 Å². The van der Waals surface area contributed by atoms with Crippen molar-refractivity contribution in [2.45, 2.75) is 32.0 Å². The van der Waals surface area contributed by atoms with Crippen LogP contribution in [0.4, 0.5) is 8.78 Å². The molecule has 1 aliphatic heterocycles. The molecule has 170 valence electrons. The van der Waals surface area contributed by atoms with E-state index in [2.05, 4.69) is 4.98 Å². The van der Waals surface area contributed by atoms with Crippen molar-refractivity contribution < 1.29 is 13.5 Å². The lowest BCUT2D eigenvalue weighted by Crippen LogP contribution is -2.42.